The highest BCUT2D eigenvalue weighted by atomic mass is 35.5. The third-order valence-corrected chi connectivity index (χ3v) is 4.71. The Labute approximate surface area is 176 Å². The summed E-state index contributed by atoms with van der Waals surface area (Å²) in [6.07, 6.45) is 1.49. The lowest BCUT2D eigenvalue weighted by Gasteiger charge is -2.07. The van der Waals surface area contributed by atoms with Crippen LogP contribution in [0.5, 0.6) is 11.6 Å². The fraction of sp³-hybridized carbons (Fsp3) is 0.158. The summed E-state index contributed by atoms with van der Waals surface area (Å²) in [6, 6.07) is 8.85. The summed E-state index contributed by atoms with van der Waals surface area (Å²) in [4.78, 5) is 5.33. The van der Waals surface area contributed by atoms with Crippen molar-refractivity contribution < 1.29 is 14.0 Å². The molecule has 0 fully saturated rings. The van der Waals surface area contributed by atoms with Crippen LogP contribution in [0.15, 0.2) is 41.6 Å². The summed E-state index contributed by atoms with van der Waals surface area (Å²) in [6.45, 7) is 1.88. The number of halogens is 4. The van der Waals surface area contributed by atoms with Crippen LogP contribution in [0.3, 0.4) is 0 Å². The minimum atomic E-state index is -0.344. The zero-order valence-corrected chi connectivity index (χ0v) is 17.2. The van der Waals surface area contributed by atoms with Crippen LogP contribution < -0.4 is 4.74 Å². The number of hydrogen-bond acceptors (Lipinski definition) is 4. The number of ether oxygens (including phenoxy) is 1. The van der Waals surface area contributed by atoms with Crippen LogP contribution in [0.4, 0.5) is 4.39 Å². The van der Waals surface area contributed by atoms with Crippen molar-refractivity contribution in [3.05, 3.63) is 74.1 Å². The van der Waals surface area contributed by atoms with Crippen LogP contribution in [0.1, 0.15) is 16.8 Å². The standard InChI is InChI=1S/C19H15Cl3FN3O2/c1-11-15(9-24-27-10-16-17(21)7-12(20)8-18(16)22)19(26(2)25-11)28-14-5-3-13(23)4-6-14/h3-9H,10H2,1-2H3/b24-9+. The van der Waals surface area contributed by atoms with Gasteiger partial charge in [0, 0.05) is 17.6 Å². The number of aromatic nitrogens is 2. The quantitative estimate of drug-likeness (QED) is 0.339. The van der Waals surface area contributed by atoms with Gasteiger partial charge in [-0.25, -0.2) is 9.07 Å². The predicted molar refractivity (Wildman–Crippen MR) is 108 cm³/mol. The fourth-order valence-electron chi connectivity index (χ4n) is 2.44. The van der Waals surface area contributed by atoms with Crippen LogP contribution in [0, 0.1) is 12.7 Å². The molecule has 0 N–H and O–H groups in total. The molecule has 0 saturated carbocycles. The zero-order valence-electron chi connectivity index (χ0n) is 14.9. The summed E-state index contributed by atoms with van der Waals surface area (Å²) in [5, 5.41) is 9.51. The Hall–Kier alpha value is -2.28. The smallest absolute Gasteiger partial charge is 0.226 e. The van der Waals surface area contributed by atoms with Gasteiger partial charge in [-0.15, -0.1) is 0 Å². The van der Waals surface area contributed by atoms with E-state index in [4.69, 9.17) is 44.4 Å². The van der Waals surface area contributed by atoms with Crippen molar-refractivity contribution in [2.75, 3.05) is 0 Å². The number of benzene rings is 2. The summed E-state index contributed by atoms with van der Waals surface area (Å²) in [5.74, 6) is 0.571. The molecule has 0 spiro atoms. The molecular formula is C19H15Cl3FN3O2. The third kappa shape index (κ3) is 4.76. The molecule has 3 rings (SSSR count). The molecule has 1 aromatic heterocycles. The van der Waals surface area contributed by atoms with Crippen LogP contribution >= 0.6 is 34.8 Å². The molecule has 5 nitrogen and oxygen atoms in total. The molecule has 3 aromatic rings. The van der Waals surface area contributed by atoms with E-state index >= 15 is 0 Å². The predicted octanol–water partition coefficient (Wildman–Crippen LogP) is 6.17. The van der Waals surface area contributed by atoms with E-state index in [2.05, 4.69) is 10.3 Å². The molecule has 0 amide bonds. The Morgan fingerprint density at radius 1 is 1.14 bits per heavy atom. The summed E-state index contributed by atoms with van der Waals surface area (Å²) in [5.41, 5.74) is 1.89. The number of oxime groups is 1. The van der Waals surface area contributed by atoms with E-state index in [1.54, 1.807) is 23.9 Å². The van der Waals surface area contributed by atoms with Gasteiger partial charge in [0.1, 0.15) is 18.2 Å². The summed E-state index contributed by atoms with van der Waals surface area (Å²) >= 11 is 18.1. The molecular weight excluding hydrogens is 428 g/mol. The Kier molecular flexibility index (Phi) is 6.44. The first kappa shape index (κ1) is 20.5. The lowest BCUT2D eigenvalue weighted by atomic mass is 10.2. The average Bonchev–Trinajstić information content (AvgIpc) is 2.88. The van der Waals surface area contributed by atoms with E-state index in [9.17, 15) is 4.39 Å². The highest BCUT2D eigenvalue weighted by Crippen LogP contribution is 2.30. The molecule has 9 heteroatoms. The molecule has 0 bridgehead atoms. The van der Waals surface area contributed by atoms with Crippen molar-refractivity contribution in [1.29, 1.82) is 0 Å². The molecule has 2 aromatic carbocycles. The number of nitrogens with zero attached hydrogens (tertiary/aromatic N) is 3. The van der Waals surface area contributed by atoms with Crippen molar-refractivity contribution in [3.8, 4) is 11.6 Å². The minimum absolute atomic E-state index is 0.0683. The van der Waals surface area contributed by atoms with E-state index in [0.29, 0.717) is 43.5 Å². The zero-order chi connectivity index (χ0) is 20.3. The molecule has 1 heterocycles. The Morgan fingerprint density at radius 2 is 1.79 bits per heavy atom. The fourth-order valence-corrected chi connectivity index (χ4v) is 3.37. The maximum atomic E-state index is 13.1. The third-order valence-electron chi connectivity index (χ3n) is 3.81. The van der Waals surface area contributed by atoms with Gasteiger partial charge >= 0.3 is 0 Å². The summed E-state index contributed by atoms with van der Waals surface area (Å²) < 4.78 is 20.5. The number of rotatable bonds is 6. The van der Waals surface area contributed by atoms with Crippen molar-refractivity contribution in [2.24, 2.45) is 12.2 Å². The molecule has 146 valence electrons. The second kappa shape index (κ2) is 8.82. The van der Waals surface area contributed by atoms with Gasteiger partial charge in [-0.2, -0.15) is 5.10 Å². The van der Waals surface area contributed by atoms with Gasteiger partial charge < -0.3 is 9.57 Å². The van der Waals surface area contributed by atoms with Gasteiger partial charge in [-0.1, -0.05) is 40.0 Å². The maximum absolute atomic E-state index is 13.1. The first-order valence-electron chi connectivity index (χ1n) is 8.11. The Bertz CT molecular complexity index is 997. The van der Waals surface area contributed by atoms with E-state index < -0.39 is 0 Å². The van der Waals surface area contributed by atoms with E-state index in [-0.39, 0.29) is 12.4 Å². The molecule has 28 heavy (non-hydrogen) atoms. The SMILES string of the molecule is Cc1nn(C)c(Oc2ccc(F)cc2)c1/C=N/OCc1c(Cl)cc(Cl)cc1Cl. The maximum Gasteiger partial charge on any atom is 0.226 e. The van der Waals surface area contributed by atoms with Gasteiger partial charge in [-0.3, -0.25) is 0 Å². The molecule has 0 aliphatic heterocycles. The lowest BCUT2D eigenvalue weighted by Crippen LogP contribution is -1.97. The number of aryl methyl sites for hydroxylation is 2. The van der Waals surface area contributed by atoms with Crippen molar-refractivity contribution in [3.63, 3.8) is 0 Å². The Balaban J connectivity index is 1.74. The second-order valence-corrected chi connectivity index (χ2v) is 7.09. The van der Waals surface area contributed by atoms with Crippen LogP contribution in [0.25, 0.3) is 0 Å². The van der Waals surface area contributed by atoms with Crippen molar-refractivity contribution >= 4 is 41.0 Å². The van der Waals surface area contributed by atoms with Crippen LogP contribution in [-0.4, -0.2) is 16.0 Å². The molecule has 0 aliphatic rings. The highest BCUT2D eigenvalue weighted by Gasteiger charge is 2.14. The summed E-state index contributed by atoms with van der Waals surface area (Å²) in [7, 11) is 1.73. The highest BCUT2D eigenvalue weighted by molar-refractivity contribution is 6.39. The van der Waals surface area contributed by atoms with Crippen molar-refractivity contribution in [2.45, 2.75) is 13.5 Å². The van der Waals surface area contributed by atoms with E-state index in [0.717, 1.165) is 0 Å². The monoisotopic (exact) mass is 441 g/mol. The first-order valence-corrected chi connectivity index (χ1v) is 9.24. The van der Waals surface area contributed by atoms with Gasteiger partial charge in [0.25, 0.3) is 0 Å². The Morgan fingerprint density at radius 3 is 2.43 bits per heavy atom. The lowest BCUT2D eigenvalue weighted by molar-refractivity contribution is 0.132. The van der Waals surface area contributed by atoms with E-state index in [1.807, 2.05) is 6.92 Å². The second-order valence-electron chi connectivity index (χ2n) is 5.84. The number of hydrogen-bond donors (Lipinski definition) is 0. The normalized spacial score (nSPS) is 11.2. The van der Waals surface area contributed by atoms with Gasteiger partial charge in [0.15, 0.2) is 0 Å². The molecule has 0 aliphatic carbocycles. The van der Waals surface area contributed by atoms with Gasteiger partial charge in [0.05, 0.1) is 27.5 Å². The van der Waals surface area contributed by atoms with Crippen LogP contribution in [0.2, 0.25) is 15.1 Å². The first-order chi connectivity index (χ1) is 13.3. The minimum Gasteiger partial charge on any atom is -0.439 e. The topological polar surface area (TPSA) is 48.6 Å². The molecule has 0 saturated heterocycles. The van der Waals surface area contributed by atoms with Crippen LogP contribution in [-0.2, 0) is 18.5 Å². The van der Waals surface area contributed by atoms with Gasteiger partial charge in [0.2, 0.25) is 5.88 Å². The average molecular weight is 443 g/mol. The molecule has 0 atom stereocenters. The molecule has 0 radical (unpaired) electrons. The van der Waals surface area contributed by atoms with Crippen molar-refractivity contribution in [1.82, 2.24) is 9.78 Å². The van der Waals surface area contributed by atoms with E-state index in [1.165, 1.54) is 30.5 Å². The molecule has 0 unspecified atom stereocenters. The largest absolute Gasteiger partial charge is 0.439 e. The van der Waals surface area contributed by atoms with Gasteiger partial charge in [-0.05, 0) is 43.3 Å².